The van der Waals surface area contributed by atoms with Crippen LogP contribution in [0.4, 0.5) is 0 Å². The number of ether oxygens (including phenoxy) is 1. The molecule has 0 aromatic heterocycles. The van der Waals surface area contributed by atoms with E-state index in [0.29, 0.717) is 18.4 Å². The van der Waals surface area contributed by atoms with Crippen molar-refractivity contribution in [1.29, 1.82) is 5.26 Å². The third-order valence-corrected chi connectivity index (χ3v) is 5.39. The minimum atomic E-state index is -3.79. The van der Waals surface area contributed by atoms with Crippen LogP contribution in [0.5, 0.6) is 0 Å². The summed E-state index contributed by atoms with van der Waals surface area (Å²) in [6.45, 7) is 5.53. The number of carbonyl (C=O) groups excluding carboxylic acids is 1. The summed E-state index contributed by atoms with van der Waals surface area (Å²) in [4.78, 5) is 12.4. The van der Waals surface area contributed by atoms with Gasteiger partial charge >= 0.3 is 5.97 Å². The van der Waals surface area contributed by atoms with Gasteiger partial charge in [0.05, 0.1) is 16.5 Å². The quantitative estimate of drug-likeness (QED) is 0.788. The number of benzene rings is 1. The van der Waals surface area contributed by atoms with E-state index in [-0.39, 0.29) is 11.4 Å². The molecule has 1 aromatic carbocycles. The second-order valence-electron chi connectivity index (χ2n) is 6.44. The van der Waals surface area contributed by atoms with Crippen molar-refractivity contribution in [3.8, 4) is 6.07 Å². The summed E-state index contributed by atoms with van der Waals surface area (Å²) in [5.74, 6) is -0.521. The van der Waals surface area contributed by atoms with Gasteiger partial charge in [0.2, 0.25) is 10.0 Å². The molecule has 1 fully saturated rings. The van der Waals surface area contributed by atoms with Crippen LogP contribution in [0.2, 0.25) is 0 Å². The number of esters is 1. The van der Waals surface area contributed by atoms with E-state index in [1.165, 1.54) is 28.6 Å². The first kappa shape index (κ1) is 17.4. The maximum Gasteiger partial charge on any atom is 0.324 e. The van der Waals surface area contributed by atoms with E-state index >= 15 is 0 Å². The van der Waals surface area contributed by atoms with Crippen LogP contribution in [0.15, 0.2) is 29.2 Å². The number of nitriles is 1. The fourth-order valence-corrected chi connectivity index (χ4v) is 4.12. The highest BCUT2D eigenvalue weighted by Crippen LogP contribution is 2.28. The zero-order valence-corrected chi connectivity index (χ0v) is 14.3. The van der Waals surface area contributed by atoms with Crippen LogP contribution in [0, 0.1) is 11.3 Å². The summed E-state index contributed by atoms with van der Waals surface area (Å²) in [7, 11) is -3.79. The van der Waals surface area contributed by atoms with Crippen LogP contribution >= 0.6 is 0 Å². The Morgan fingerprint density at radius 3 is 2.43 bits per heavy atom. The first-order valence-corrected chi connectivity index (χ1v) is 8.84. The molecule has 0 amide bonds. The van der Waals surface area contributed by atoms with Crippen LogP contribution in [0.25, 0.3) is 0 Å². The lowest BCUT2D eigenvalue weighted by Crippen LogP contribution is -2.43. The Balaban J connectivity index is 2.27. The van der Waals surface area contributed by atoms with Crippen molar-refractivity contribution < 1.29 is 17.9 Å². The van der Waals surface area contributed by atoms with Crippen LogP contribution < -0.4 is 0 Å². The average Bonchev–Trinajstić information content (AvgIpc) is 2.96. The Morgan fingerprint density at radius 1 is 1.30 bits per heavy atom. The molecule has 1 atom stereocenters. The van der Waals surface area contributed by atoms with Gasteiger partial charge in [-0.05, 0) is 57.9 Å². The van der Waals surface area contributed by atoms with E-state index in [1.807, 2.05) is 6.07 Å². The Hall–Kier alpha value is -1.91. The zero-order valence-electron chi connectivity index (χ0n) is 13.4. The molecule has 0 radical (unpaired) electrons. The molecule has 0 spiro atoms. The van der Waals surface area contributed by atoms with E-state index in [2.05, 4.69) is 0 Å². The largest absolute Gasteiger partial charge is 0.459 e. The van der Waals surface area contributed by atoms with Crippen LogP contribution in [0.3, 0.4) is 0 Å². The fraction of sp³-hybridized carbons (Fsp3) is 0.500. The third kappa shape index (κ3) is 3.89. The number of hydrogen-bond acceptors (Lipinski definition) is 5. The first-order valence-electron chi connectivity index (χ1n) is 7.40. The highest BCUT2D eigenvalue weighted by molar-refractivity contribution is 7.89. The highest BCUT2D eigenvalue weighted by Gasteiger charge is 2.41. The van der Waals surface area contributed by atoms with Crippen LogP contribution in [0.1, 0.15) is 39.2 Å². The summed E-state index contributed by atoms with van der Waals surface area (Å²) in [6, 6.07) is 6.82. The van der Waals surface area contributed by atoms with Crippen molar-refractivity contribution in [2.45, 2.75) is 50.2 Å². The molecule has 1 saturated heterocycles. The Morgan fingerprint density at radius 2 is 1.91 bits per heavy atom. The van der Waals surface area contributed by atoms with Gasteiger partial charge in [-0.25, -0.2) is 8.42 Å². The van der Waals surface area contributed by atoms with Crippen LogP contribution in [-0.2, 0) is 19.6 Å². The van der Waals surface area contributed by atoms with Gasteiger partial charge in [0.1, 0.15) is 11.6 Å². The normalized spacial score (nSPS) is 19.3. The molecule has 0 saturated carbocycles. The zero-order chi connectivity index (χ0) is 17.3. The van der Waals surface area contributed by atoms with Gasteiger partial charge in [-0.2, -0.15) is 9.57 Å². The lowest BCUT2D eigenvalue weighted by Gasteiger charge is -2.27. The molecule has 0 N–H and O–H groups in total. The smallest absolute Gasteiger partial charge is 0.324 e. The van der Waals surface area contributed by atoms with Gasteiger partial charge in [0.25, 0.3) is 0 Å². The number of rotatable bonds is 3. The van der Waals surface area contributed by atoms with Crippen molar-refractivity contribution in [3.63, 3.8) is 0 Å². The van der Waals surface area contributed by atoms with Gasteiger partial charge in [0, 0.05) is 6.54 Å². The van der Waals surface area contributed by atoms with Gasteiger partial charge < -0.3 is 4.74 Å². The molecule has 0 aliphatic carbocycles. The molecular formula is C16H20N2O4S. The molecule has 23 heavy (non-hydrogen) atoms. The van der Waals surface area contributed by atoms with Gasteiger partial charge in [0.15, 0.2) is 0 Å². The lowest BCUT2D eigenvalue weighted by molar-refractivity contribution is -0.158. The standard InChI is InChI=1S/C16H20N2O4S/c1-16(2,3)22-15(19)14-5-4-10-18(14)23(20,21)13-8-6-12(11-17)7-9-13/h6-9,14H,4-5,10H2,1-3H3/t14-/m0/s1. The molecule has 0 bridgehead atoms. The molecule has 2 rings (SSSR count). The minimum absolute atomic E-state index is 0.0759. The van der Waals surface area contributed by atoms with E-state index in [9.17, 15) is 13.2 Å². The van der Waals surface area contributed by atoms with Crippen molar-refractivity contribution >= 4 is 16.0 Å². The molecule has 124 valence electrons. The van der Waals surface area contributed by atoms with Crippen molar-refractivity contribution in [2.75, 3.05) is 6.54 Å². The van der Waals surface area contributed by atoms with Crippen molar-refractivity contribution in [3.05, 3.63) is 29.8 Å². The fourth-order valence-electron chi connectivity index (χ4n) is 2.47. The predicted molar refractivity (Wildman–Crippen MR) is 83.9 cm³/mol. The molecule has 1 heterocycles. The first-order chi connectivity index (χ1) is 10.6. The van der Waals surface area contributed by atoms with Crippen LogP contribution in [-0.4, -0.2) is 36.9 Å². The average molecular weight is 336 g/mol. The lowest BCUT2D eigenvalue weighted by atomic mass is 10.2. The molecule has 6 nitrogen and oxygen atoms in total. The Bertz CT molecular complexity index is 727. The molecule has 7 heteroatoms. The molecular weight excluding hydrogens is 316 g/mol. The Kier molecular flexibility index (Phi) is 4.78. The number of hydrogen-bond donors (Lipinski definition) is 0. The van der Waals surface area contributed by atoms with E-state index < -0.39 is 27.6 Å². The second-order valence-corrected chi connectivity index (χ2v) is 8.33. The number of carbonyl (C=O) groups is 1. The van der Waals surface area contributed by atoms with Crippen molar-refractivity contribution in [1.82, 2.24) is 4.31 Å². The second kappa shape index (κ2) is 6.30. The van der Waals surface area contributed by atoms with E-state index in [0.717, 1.165) is 0 Å². The molecule has 1 aromatic rings. The van der Waals surface area contributed by atoms with Gasteiger partial charge in [-0.1, -0.05) is 0 Å². The summed E-state index contributed by atoms with van der Waals surface area (Å²) < 4.78 is 32.0. The summed E-state index contributed by atoms with van der Waals surface area (Å²) >= 11 is 0. The summed E-state index contributed by atoms with van der Waals surface area (Å²) in [6.07, 6.45) is 1.06. The summed E-state index contributed by atoms with van der Waals surface area (Å²) in [5.41, 5.74) is -0.280. The summed E-state index contributed by atoms with van der Waals surface area (Å²) in [5, 5.41) is 8.79. The molecule has 1 aliphatic heterocycles. The van der Waals surface area contributed by atoms with Gasteiger partial charge in [-0.3, -0.25) is 4.79 Å². The molecule has 0 unspecified atom stereocenters. The third-order valence-electron chi connectivity index (χ3n) is 3.47. The van der Waals surface area contributed by atoms with Crippen molar-refractivity contribution in [2.24, 2.45) is 0 Å². The number of nitrogens with zero attached hydrogens (tertiary/aromatic N) is 2. The predicted octanol–water partition coefficient (Wildman–Crippen LogP) is 2.05. The van der Waals surface area contributed by atoms with Gasteiger partial charge in [-0.15, -0.1) is 0 Å². The number of sulfonamides is 1. The Labute approximate surface area is 136 Å². The highest BCUT2D eigenvalue weighted by atomic mass is 32.2. The van der Waals surface area contributed by atoms with E-state index in [1.54, 1.807) is 20.8 Å². The molecule has 1 aliphatic rings. The van der Waals surface area contributed by atoms with E-state index in [4.69, 9.17) is 10.00 Å². The monoisotopic (exact) mass is 336 g/mol. The topological polar surface area (TPSA) is 87.5 Å². The minimum Gasteiger partial charge on any atom is -0.459 e. The SMILES string of the molecule is CC(C)(C)OC(=O)[C@@H]1CCCN1S(=O)(=O)c1ccc(C#N)cc1. The maximum absolute atomic E-state index is 12.7. The maximum atomic E-state index is 12.7.